The summed E-state index contributed by atoms with van der Waals surface area (Å²) >= 11 is 12.4. The molecule has 1 unspecified atom stereocenters. The van der Waals surface area contributed by atoms with Crippen molar-refractivity contribution in [3.8, 4) is 11.5 Å². The summed E-state index contributed by atoms with van der Waals surface area (Å²) < 4.78 is 5.49. The number of carbonyl (C=O) groups excluding carboxylic acids is 2. The van der Waals surface area contributed by atoms with Gasteiger partial charge in [0.25, 0.3) is 11.7 Å². The third-order valence-electron chi connectivity index (χ3n) is 6.04. The molecule has 1 aliphatic heterocycles. The molecule has 0 bridgehead atoms. The number of ether oxygens (including phenoxy) is 1. The van der Waals surface area contributed by atoms with Gasteiger partial charge in [0.1, 0.15) is 17.3 Å². The summed E-state index contributed by atoms with van der Waals surface area (Å²) in [6.45, 7) is 6.01. The molecule has 8 heteroatoms. The maximum absolute atomic E-state index is 13.4. The summed E-state index contributed by atoms with van der Waals surface area (Å²) in [5, 5.41) is 22.2. The lowest BCUT2D eigenvalue weighted by molar-refractivity contribution is -0.132. The number of anilines is 1. The molecule has 1 saturated heterocycles. The number of halogens is 2. The number of methoxy groups -OCH3 is 1. The first-order valence-corrected chi connectivity index (χ1v) is 11.9. The minimum Gasteiger partial charge on any atom is -0.508 e. The SMILES string of the molecule is COc1ccc(/C(O)=C2/C(=O)C(=O)N(c3cc(Cl)cc(Cl)c3)C2c2cccc(O)c2)cc1C(C)(C)C. The Balaban J connectivity index is 1.99. The number of benzene rings is 3. The molecule has 3 aromatic carbocycles. The number of amides is 1. The zero-order chi connectivity index (χ0) is 26.4. The van der Waals surface area contributed by atoms with Crippen molar-refractivity contribution in [2.45, 2.75) is 32.2 Å². The second kappa shape index (κ2) is 9.52. The van der Waals surface area contributed by atoms with E-state index in [0.29, 0.717) is 16.9 Å². The molecular weight excluding hydrogens is 501 g/mol. The lowest BCUT2D eigenvalue weighted by Crippen LogP contribution is -2.29. The third-order valence-corrected chi connectivity index (χ3v) is 6.47. The van der Waals surface area contributed by atoms with Crippen molar-refractivity contribution in [1.29, 1.82) is 0 Å². The van der Waals surface area contributed by atoms with Gasteiger partial charge in [0, 0.05) is 26.9 Å². The van der Waals surface area contributed by atoms with E-state index in [0.717, 1.165) is 5.56 Å². The van der Waals surface area contributed by atoms with Gasteiger partial charge < -0.3 is 14.9 Å². The van der Waals surface area contributed by atoms with E-state index < -0.39 is 17.7 Å². The monoisotopic (exact) mass is 525 g/mol. The van der Waals surface area contributed by atoms with Crippen molar-refractivity contribution in [1.82, 2.24) is 0 Å². The fourth-order valence-electron chi connectivity index (χ4n) is 4.38. The molecular formula is C28H25Cl2NO5. The Morgan fingerprint density at radius 1 is 0.972 bits per heavy atom. The predicted octanol–water partition coefficient (Wildman–Crippen LogP) is 6.63. The summed E-state index contributed by atoms with van der Waals surface area (Å²) in [6, 6.07) is 14.8. The summed E-state index contributed by atoms with van der Waals surface area (Å²) in [5.74, 6) is -1.48. The lowest BCUT2D eigenvalue weighted by atomic mass is 9.84. The number of phenols is 1. The van der Waals surface area contributed by atoms with Gasteiger partial charge in [0.05, 0.1) is 18.7 Å². The fraction of sp³-hybridized carbons (Fsp3) is 0.214. The molecule has 1 atom stereocenters. The zero-order valence-electron chi connectivity index (χ0n) is 20.2. The first-order valence-electron chi connectivity index (χ1n) is 11.2. The maximum atomic E-state index is 13.4. The summed E-state index contributed by atoms with van der Waals surface area (Å²) in [7, 11) is 1.56. The molecule has 3 aromatic rings. The van der Waals surface area contributed by atoms with E-state index in [4.69, 9.17) is 27.9 Å². The second-order valence-electron chi connectivity index (χ2n) is 9.56. The number of carbonyl (C=O) groups is 2. The van der Waals surface area contributed by atoms with Crippen molar-refractivity contribution in [3.63, 3.8) is 0 Å². The number of rotatable bonds is 4. The quantitative estimate of drug-likeness (QED) is 0.226. The lowest BCUT2D eigenvalue weighted by Gasteiger charge is -2.26. The Morgan fingerprint density at radius 2 is 1.64 bits per heavy atom. The van der Waals surface area contributed by atoms with Crippen molar-refractivity contribution < 1.29 is 24.5 Å². The van der Waals surface area contributed by atoms with Gasteiger partial charge in [-0.15, -0.1) is 0 Å². The van der Waals surface area contributed by atoms with E-state index in [1.807, 2.05) is 20.8 Å². The van der Waals surface area contributed by atoms with Gasteiger partial charge >= 0.3 is 0 Å². The Kier molecular flexibility index (Phi) is 6.78. The van der Waals surface area contributed by atoms with E-state index in [1.54, 1.807) is 37.4 Å². The molecule has 1 heterocycles. The molecule has 186 valence electrons. The van der Waals surface area contributed by atoms with Crippen LogP contribution in [0.15, 0.2) is 66.2 Å². The third kappa shape index (κ3) is 4.66. The first kappa shape index (κ1) is 25.6. The number of hydrogen-bond acceptors (Lipinski definition) is 5. The number of aliphatic hydroxyl groups is 1. The molecule has 6 nitrogen and oxygen atoms in total. The highest BCUT2D eigenvalue weighted by atomic mass is 35.5. The minimum atomic E-state index is -1.04. The topological polar surface area (TPSA) is 87.1 Å². The number of aliphatic hydroxyl groups excluding tert-OH is 1. The normalized spacial score (nSPS) is 17.5. The van der Waals surface area contributed by atoms with Gasteiger partial charge in [-0.1, -0.05) is 56.1 Å². The van der Waals surface area contributed by atoms with Crippen LogP contribution in [0.5, 0.6) is 11.5 Å². The second-order valence-corrected chi connectivity index (χ2v) is 10.4. The summed E-state index contributed by atoms with van der Waals surface area (Å²) in [6.07, 6.45) is 0. The van der Waals surface area contributed by atoms with E-state index >= 15 is 0 Å². The molecule has 2 N–H and O–H groups in total. The van der Waals surface area contributed by atoms with Crippen LogP contribution in [0, 0.1) is 0 Å². The Bertz CT molecular complexity index is 1390. The van der Waals surface area contributed by atoms with Crippen LogP contribution in [0.25, 0.3) is 5.76 Å². The molecule has 36 heavy (non-hydrogen) atoms. The number of phenolic OH excluding ortho intramolecular Hbond substituents is 1. The summed E-state index contributed by atoms with van der Waals surface area (Å²) in [5.41, 5.74) is 1.44. The van der Waals surface area contributed by atoms with Crippen molar-refractivity contribution in [2.75, 3.05) is 12.0 Å². The van der Waals surface area contributed by atoms with E-state index in [-0.39, 0.29) is 38.2 Å². The summed E-state index contributed by atoms with van der Waals surface area (Å²) in [4.78, 5) is 27.9. The molecule has 0 spiro atoms. The number of aromatic hydroxyl groups is 1. The highest BCUT2D eigenvalue weighted by Crippen LogP contribution is 2.44. The van der Waals surface area contributed by atoms with Crippen LogP contribution in [-0.4, -0.2) is 29.0 Å². The standard InChI is InChI=1S/C28H25Cl2NO5/c1-28(2,3)21-11-16(8-9-22(21)36-4)25(33)23-24(15-6-5-7-20(32)10-15)31(27(35)26(23)34)19-13-17(29)12-18(30)14-19/h5-14,24,32-33H,1-4H3/b25-23-. The maximum Gasteiger partial charge on any atom is 0.300 e. The van der Waals surface area contributed by atoms with Crippen molar-refractivity contribution in [3.05, 3.63) is 93.0 Å². The van der Waals surface area contributed by atoms with Gasteiger partial charge in [-0.25, -0.2) is 0 Å². The molecule has 0 aliphatic carbocycles. The van der Waals surface area contributed by atoms with E-state index in [2.05, 4.69) is 0 Å². The number of hydrogen-bond donors (Lipinski definition) is 2. The van der Waals surface area contributed by atoms with Crippen LogP contribution in [0.1, 0.15) is 43.5 Å². The number of Topliss-reactive ketones (excluding diaryl/α,β-unsaturated/α-hetero) is 1. The predicted molar refractivity (Wildman–Crippen MR) is 141 cm³/mol. The van der Waals surface area contributed by atoms with Crippen LogP contribution < -0.4 is 9.64 Å². The fourth-order valence-corrected chi connectivity index (χ4v) is 4.90. The molecule has 1 aliphatic rings. The molecule has 0 saturated carbocycles. The van der Waals surface area contributed by atoms with Crippen molar-refractivity contribution >= 4 is 46.3 Å². The first-order chi connectivity index (χ1) is 16.9. The van der Waals surface area contributed by atoms with Crippen LogP contribution in [-0.2, 0) is 15.0 Å². The highest BCUT2D eigenvalue weighted by molar-refractivity contribution is 6.52. The molecule has 0 radical (unpaired) electrons. The van der Waals surface area contributed by atoms with Crippen LogP contribution >= 0.6 is 23.2 Å². The minimum absolute atomic E-state index is 0.0540. The molecule has 1 amide bonds. The van der Waals surface area contributed by atoms with Crippen molar-refractivity contribution in [2.24, 2.45) is 0 Å². The van der Waals surface area contributed by atoms with Gasteiger partial charge in [-0.3, -0.25) is 14.5 Å². The average Bonchev–Trinajstić information content (AvgIpc) is 3.07. The molecule has 0 aromatic heterocycles. The van der Waals surface area contributed by atoms with E-state index in [9.17, 15) is 19.8 Å². The largest absolute Gasteiger partial charge is 0.508 e. The Morgan fingerprint density at radius 3 is 2.22 bits per heavy atom. The van der Waals surface area contributed by atoms with Gasteiger partial charge in [0.2, 0.25) is 0 Å². The van der Waals surface area contributed by atoms with Crippen LogP contribution in [0.3, 0.4) is 0 Å². The molecule has 4 rings (SSSR count). The zero-order valence-corrected chi connectivity index (χ0v) is 21.7. The number of nitrogens with zero attached hydrogens (tertiary/aromatic N) is 1. The Labute approximate surface area is 219 Å². The smallest absolute Gasteiger partial charge is 0.300 e. The van der Waals surface area contributed by atoms with Gasteiger partial charge in [0.15, 0.2) is 0 Å². The average molecular weight is 526 g/mol. The van der Waals surface area contributed by atoms with Crippen LogP contribution in [0.4, 0.5) is 5.69 Å². The van der Waals surface area contributed by atoms with Crippen LogP contribution in [0.2, 0.25) is 10.0 Å². The Hall–Kier alpha value is -3.48. The van der Waals surface area contributed by atoms with Gasteiger partial charge in [-0.2, -0.15) is 0 Å². The molecule has 1 fully saturated rings. The number of ketones is 1. The van der Waals surface area contributed by atoms with Gasteiger partial charge in [-0.05, 0) is 59.5 Å². The van der Waals surface area contributed by atoms with E-state index in [1.165, 1.54) is 35.2 Å². The highest BCUT2D eigenvalue weighted by Gasteiger charge is 2.47.